The molecule has 0 saturated carbocycles. The fraction of sp³-hybridized carbons (Fsp3) is 0.976. The predicted molar refractivity (Wildman–Crippen MR) is 193 cm³/mol. The standard InChI is InChI=1S/C41H82O2/c1-5-8-11-14-17-19-20-21-22-23-24-25-26-28-31-34-37-41(4,40(42)43)38-39(35-32-29-16-13-10-7-3)36-33-30-27-18-15-12-9-6-2/h39H,5-38H2,1-4H3,(H,42,43). The molecule has 0 aromatic rings. The van der Waals surface area contributed by atoms with Crippen LogP contribution in [0.1, 0.15) is 246 Å². The van der Waals surface area contributed by atoms with Crippen LogP contribution in [-0.2, 0) is 4.79 Å². The molecule has 43 heavy (non-hydrogen) atoms. The fourth-order valence-electron chi connectivity index (χ4n) is 7.13. The first-order valence-electron chi connectivity index (χ1n) is 20.2. The second kappa shape index (κ2) is 32.9. The van der Waals surface area contributed by atoms with E-state index in [0.29, 0.717) is 5.92 Å². The molecule has 0 aromatic carbocycles. The van der Waals surface area contributed by atoms with E-state index in [1.165, 1.54) is 199 Å². The second-order valence-corrected chi connectivity index (χ2v) is 14.8. The predicted octanol–water partition coefficient (Wildman–Crippen LogP) is 15.0. The highest BCUT2D eigenvalue weighted by atomic mass is 16.4. The van der Waals surface area contributed by atoms with Crippen LogP contribution >= 0.6 is 0 Å². The molecule has 0 heterocycles. The molecule has 0 aliphatic rings. The minimum atomic E-state index is -0.544. The van der Waals surface area contributed by atoms with E-state index >= 15 is 0 Å². The van der Waals surface area contributed by atoms with Gasteiger partial charge in [-0.15, -0.1) is 0 Å². The summed E-state index contributed by atoms with van der Waals surface area (Å²) in [6.45, 7) is 8.94. The van der Waals surface area contributed by atoms with Gasteiger partial charge >= 0.3 is 5.97 Å². The zero-order valence-corrected chi connectivity index (χ0v) is 30.5. The highest BCUT2D eigenvalue weighted by Crippen LogP contribution is 2.37. The third kappa shape index (κ3) is 28.7. The summed E-state index contributed by atoms with van der Waals surface area (Å²) in [5, 5.41) is 10.3. The van der Waals surface area contributed by atoms with Gasteiger partial charge in [-0.05, 0) is 25.7 Å². The van der Waals surface area contributed by atoms with Gasteiger partial charge in [-0.25, -0.2) is 0 Å². The Balaban J connectivity index is 4.24. The number of aliphatic carboxylic acids is 1. The van der Waals surface area contributed by atoms with Gasteiger partial charge in [0.25, 0.3) is 0 Å². The number of hydrogen-bond donors (Lipinski definition) is 1. The van der Waals surface area contributed by atoms with Crippen molar-refractivity contribution in [2.75, 3.05) is 0 Å². The van der Waals surface area contributed by atoms with Crippen LogP contribution in [0.15, 0.2) is 0 Å². The Hall–Kier alpha value is -0.530. The van der Waals surface area contributed by atoms with Gasteiger partial charge in [-0.1, -0.05) is 226 Å². The van der Waals surface area contributed by atoms with Crippen molar-refractivity contribution in [2.24, 2.45) is 11.3 Å². The van der Waals surface area contributed by atoms with E-state index < -0.39 is 11.4 Å². The highest BCUT2D eigenvalue weighted by Gasteiger charge is 2.34. The quantitative estimate of drug-likeness (QED) is 0.0720. The Bertz CT molecular complexity index is 558. The summed E-state index contributed by atoms with van der Waals surface area (Å²) in [6, 6.07) is 0. The molecule has 2 heteroatoms. The molecule has 0 amide bonds. The summed E-state index contributed by atoms with van der Waals surface area (Å²) in [5.74, 6) is 0.0470. The maximum absolute atomic E-state index is 12.5. The van der Waals surface area contributed by atoms with Gasteiger partial charge in [0.2, 0.25) is 0 Å². The second-order valence-electron chi connectivity index (χ2n) is 14.8. The molecule has 0 aromatic heterocycles. The highest BCUT2D eigenvalue weighted by molar-refractivity contribution is 5.74. The van der Waals surface area contributed by atoms with Crippen molar-refractivity contribution in [2.45, 2.75) is 246 Å². The maximum Gasteiger partial charge on any atom is 0.309 e. The largest absolute Gasteiger partial charge is 0.481 e. The van der Waals surface area contributed by atoms with Crippen LogP contribution in [0.4, 0.5) is 0 Å². The SMILES string of the molecule is CCCCCCCCCCCCCCCCCCC(C)(CC(CCCCCCCC)CCCCCCCCCC)C(=O)O. The molecule has 0 rings (SSSR count). The average molecular weight is 607 g/mol. The first-order chi connectivity index (χ1) is 21.0. The van der Waals surface area contributed by atoms with Crippen molar-refractivity contribution in [3.05, 3.63) is 0 Å². The Kier molecular flexibility index (Phi) is 32.4. The van der Waals surface area contributed by atoms with Crippen LogP contribution in [0.5, 0.6) is 0 Å². The summed E-state index contributed by atoms with van der Waals surface area (Å²) in [4.78, 5) is 12.5. The van der Waals surface area contributed by atoms with Gasteiger partial charge in [0.1, 0.15) is 0 Å². The lowest BCUT2D eigenvalue weighted by Crippen LogP contribution is -2.30. The smallest absolute Gasteiger partial charge is 0.309 e. The number of carbonyl (C=O) groups is 1. The molecule has 0 fully saturated rings. The topological polar surface area (TPSA) is 37.3 Å². The van der Waals surface area contributed by atoms with Crippen molar-refractivity contribution < 1.29 is 9.90 Å². The lowest BCUT2D eigenvalue weighted by atomic mass is 9.74. The summed E-state index contributed by atoms with van der Waals surface area (Å²) < 4.78 is 0. The normalized spacial score (nSPS) is 13.8. The molecule has 2 nitrogen and oxygen atoms in total. The summed E-state index contributed by atoms with van der Waals surface area (Å²) in [7, 11) is 0. The molecule has 0 aliphatic heterocycles. The molecule has 0 saturated heterocycles. The molecule has 1 N–H and O–H groups in total. The van der Waals surface area contributed by atoms with Crippen LogP contribution in [0.3, 0.4) is 0 Å². The van der Waals surface area contributed by atoms with E-state index in [1.54, 1.807) is 0 Å². The van der Waals surface area contributed by atoms with Gasteiger partial charge in [0.15, 0.2) is 0 Å². The molecule has 0 radical (unpaired) electrons. The van der Waals surface area contributed by atoms with Crippen LogP contribution in [0, 0.1) is 11.3 Å². The monoisotopic (exact) mass is 607 g/mol. The number of carboxylic acid groups (broad SMARTS) is 1. The Morgan fingerprint density at radius 1 is 0.442 bits per heavy atom. The van der Waals surface area contributed by atoms with E-state index in [4.69, 9.17) is 0 Å². The third-order valence-corrected chi connectivity index (χ3v) is 10.3. The lowest BCUT2D eigenvalue weighted by molar-refractivity contribution is -0.149. The van der Waals surface area contributed by atoms with Crippen molar-refractivity contribution in [1.29, 1.82) is 0 Å². The van der Waals surface area contributed by atoms with Gasteiger partial charge in [-0.3, -0.25) is 4.79 Å². The molecule has 2 atom stereocenters. The van der Waals surface area contributed by atoms with E-state index in [1.807, 2.05) is 0 Å². The van der Waals surface area contributed by atoms with Crippen LogP contribution in [-0.4, -0.2) is 11.1 Å². The van der Waals surface area contributed by atoms with Gasteiger partial charge < -0.3 is 5.11 Å². The zero-order valence-electron chi connectivity index (χ0n) is 30.5. The van der Waals surface area contributed by atoms with Crippen molar-refractivity contribution >= 4 is 5.97 Å². The van der Waals surface area contributed by atoms with Crippen molar-refractivity contribution in [3.63, 3.8) is 0 Å². The molecular formula is C41H82O2. The molecule has 2 unspecified atom stereocenters. The van der Waals surface area contributed by atoms with Crippen LogP contribution < -0.4 is 0 Å². The molecular weight excluding hydrogens is 524 g/mol. The Morgan fingerprint density at radius 2 is 0.698 bits per heavy atom. The van der Waals surface area contributed by atoms with E-state index in [0.717, 1.165) is 19.3 Å². The summed E-state index contributed by atoms with van der Waals surface area (Å²) in [5.41, 5.74) is -0.539. The van der Waals surface area contributed by atoms with Crippen molar-refractivity contribution in [3.8, 4) is 0 Å². The molecule has 0 spiro atoms. The Labute approximate surface area is 272 Å². The van der Waals surface area contributed by atoms with Crippen molar-refractivity contribution in [1.82, 2.24) is 0 Å². The van der Waals surface area contributed by atoms with Crippen LogP contribution in [0.25, 0.3) is 0 Å². The molecule has 258 valence electrons. The average Bonchev–Trinajstić information content (AvgIpc) is 2.99. The van der Waals surface area contributed by atoms with E-state index in [-0.39, 0.29) is 0 Å². The first-order valence-corrected chi connectivity index (χ1v) is 20.2. The minimum absolute atomic E-state index is 0.539. The molecule has 0 aliphatic carbocycles. The number of hydrogen-bond acceptors (Lipinski definition) is 1. The van der Waals surface area contributed by atoms with Gasteiger partial charge in [0, 0.05) is 0 Å². The lowest BCUT2D eigenvalue weighted by Gasteiger charge is -2.30. The number of carboxylic acids is 1. The maximum atomic E-state index is 12.5. The van der Waals surface area contributed by atoms with Gasteiger partial charge in [0.05, 0.1) is 5.41 Å². The molecule has 0 bridgehead atoms. The van der Waals surface area contributed by atoms with E-state index in [9.17, 15) is 9.90 Å². The fourth-order valence-corrected chi connectivity index (χ4v) is 7.13. The number of rotatable bonds is 36. The zero-order chi connectivity index (χ0) is 31.7. The Morgan fingerprint density at radius 3 is 0.977 bits per heavy atom. The minimum Gasteiger partial charge on any atom is -0.481 e. The third-order valence-electron chi connectivity index (χ3n) is 10.3. The van der Waals surface area contributed by atoms with Gasteiger partial charge in [-0.2, -0.15) is 0 Å². The summed E-state index contributed by atoms with van der Waals surface area (Å²) >= 11 is 0. The number of unbranched alkanes of at least 4 members (excludes halogenated alkanes) is 27. The van der Waals surface area contributed by atoms with E-state index in [2.05, 4.69) is 27.7 Å². The first kappa shape index (κ1) is 42.5. The van der Waals surface area contributed by atoms with Crippen LogP contribution in [0.2, 0.25) is 0 Å². The summed E-state index contributed by atoms with van der Waals surface area (Å²) in [6.07, 6.45) is 45.0.